The summed E-state index contributed by atoms with van der Waals surface area (Å²) in [5.41, 5.74) is 1.72. The molecular weight excluding hydrogens is 481 g/mol. The number of anilines is 1. The Morgan fingerprint density at radius 1 is 1.11 bits per heavy atom. The molecule has 4 rings (SSSR count). The number of Topliss-reactive ketones (excluding diaryl/α,β-unsaturated/α-hetero) is 1. The third-order valence-corrected chi connectivity index (χ3v) is 7.31. The second-order valence-corrected chi connectivity index (χ2v) is 9.70. The van der Waals surface area contributed by atoms with Gasteiger partial charge in [0.05, 0.1) is 17.8 Å². The Labute approximate surface area is 213 Å². The quantitative estimate of drug-likeness (QED) is 0.421. The molecule has 7 nitrogen and oxygen atoms in total. The average molecular weight is 510 g/mol. The number of nitrogens with zero attached hydrogens (tertiary/aromatic N) is 2. The molecule has 2 heterocycles. The first-order valence-corrected chi connectivity index (χ1v) is 12.7. The maximum atomic E-state index is 14.0. The van der Waals surface area contributed by atoms with Crippen LogP contribution in [0.3, 0.4) is 0 Å². The van der Waals surface area contributed by atoms with Gasteiger partial charge in [-0.15, -0.1) is 11.3 Å². The minimum absolute atomic E-state index is 0.0327. The molecule has 3 aromatic rings. The lowest BCUT2D eigenvalue weighted by molar-refractivity contribution is -0.132. The zero-order valence-electron chi connectivity index (χ0n) is 20.3. The fourth-order valence-electron chi connectivity index (χ4n) is 4.16. The minimum atomic E-state index is -0.485. The summed E-state index contributed by atoms with van der Waals surface area (Å²) in [5, 5.41) is 5.09. The van der Waals surface area contributed by atoms with Gasteiger partial charge in [-0.3, -0.25) is 14.4 Å². The van der Waals surface area contributed by atoms with Crippen LogP contribution in [0.2, 0.25) is 0 Å². The van der Waals surface area contributed by atoms with Gasteiger partial charge in [0.1, 0.15) is 17.3 Å². The molecule has 0 saturated carbocycles. The van der Waals surface area contributed by atoms with Crippen LogP contribution in [0.5, 0.6) is 5.75 Å². The number of benzene rings is 2. The smallest absolute Gasteiger partial charge is 0.275 e. The van der Waals surface area contributed by atoms with Gasteiger partial charge >= 0.3 is 0 Å². The van der Waals surface area contributed by atoms with Crippen molar-refractivity contribution in [1.82, 2.24) is 9.88 Å². The van der Waals surface area contributed by atoms with E-state index in [9.17, 15) is 18.8 Å². The number of nitrogens with one attached hydrogen (secondary N) is 1. The van der Waals surface area contributed by atoms with Gasteiger partial charge in [0.15, 0.2) is 5.78 Å². The first kappa shape index (κ1) is 25.5. The molecule has 0 aliphatic carbocycles. The number of thiazole rings is 1. The van der Waals surface area contributed by atoms with Crippen LogP contribution in [0.4, 0.5) is 10.1 Å². The third kappa shape index (κ3) is 6.15. The van der Waals surface area contributed by atoms with Crippen molar-refractivity contribution in [3.05, 3.63) is 75.5 Å². The van der Waals surface area contributed by atoms with Crippen molar-refractivity contribution in [2.24, 2.45) is 0 Å². The summed E-state index contributed by atoms with van der Waals surface area (Å²) in [6, 6.07) is 11.5. The molecule has 1 saturated heterocycles. The summed E-state index contributed by atoms with van der Waals surface area (Å²) in [4.78, 5) is 43.9. The van der Waals surface area contributed by atoms with E-state index in [1.54, 1.807) is 54.6 Å². The predicted octanol–water partition coefficient (Wildman–Crippen LogP) is 5.22. The van der Waals surface area contributed by atoms with E-state index in [1.165, 1.54) is 23.5 Å². The predicted molar refractivity (Wildman–Crippen MR) is 136 cm³/mol. The molecule has 2 amide bonds. The number of aryl methyl sites for hydroxylation is 1. The van der Waals surface area contributed by atoms with E-state index in [1.807, 2.05) is 0 Å². The number of amides is 2. The normalized spacial score (nSPS) is 13.9. The number of rotatable bonds is 8. The third-order valence-electron chi connectivity index (χ3n) is 6.30. The van der Waals surface area contributed by atoms with Gasteiger partial charge in [-0.25, -0.2) is 9.37 Å². The molecule has 1 fully saturated rings. The number of likely N-dealkylation sites (tertiary alicyclic amines) is 1. The topological polar surface area (TPSA) is 88.6 Å². The second-order valence-electron chi connectivity index (χ2n) is 8.82. The minimum Gasteiger partial charge on any atom is -0.497 e. The molecule has 1 N–H and O–H groups in total. The second kappa shape index (κ2) is 11.4. The van der Waals surface area contributed by atoms with Gasteiger partial charge in [0.25, 0.3) is 5.91 Å². The molecule has 9 heteroatoms. The van der Waals surface area contributed by atoms with Crippen molar-refractivity contribution in [1.29, 1.82) is 0 Å². The number of hydrogen-bond donors (Lipinski definition) is 1. The molecule has 0 spiro atoms. The zero-order valence-corrected chi connectivity index (χ0v) is 21.1. The highest BCUT2D eigenvalue weighted by molar-refractivity contribution is 7.10. The van der Waals surface area contributed by atoms with Crippen LogP contribution in [0.25, 0.3) is 0 Å². The van der Waals surface area contributed by atoms with Gasteiger partial charge in [-0.2, -0.15) is 0 Å². The summed E-state index contributed by atoms with van der Waals surface area (Å²) in [7, 11) is 1.57. The van der Waals surface area contributed by atoms with E-state index in [2.05, 4.69) is 10.3 Å². The number of carbonyl (C=O) groups excluding carboxylic acids is 3. The molecule has 36 heavy (non-hydrogen) atoms. The zero-order chi connectivity index (χ0) is 25.7. The Hall–Kier alpha value is -3.59. The van der Waals surface area contributed by atoms with Crippen molar-refractivity contribution in [3.8, 4) is 5.75 Å². The number of piperidine rings is 1. The fourth-order valence-corrected chi connectivity index (χ4v) is 5.13. The van der Waals surface area contributed by atoms with Crippen LogP contribution < -0.4 is 10.1 Å². The summed E-state index contributed by atoms with van der Waals surface area (Å²) >= 11 is 1.40. The van der Waals surface area contributed by atoms with Gasteiger partial charge in [-0.05, 0) is 61.7 Å². The number of aromatic nitrogens is 1. The molecular formula is C27H28FN3O4S. The summed E-state index contributed by atoms with van der Waals surface area (Å²) in [6.45, 7) is 2.94. The SMILES string of the molecule is COc1ccc(C(=O)CCC(=O)N2CCC(c3nc(C(=O)Nc4ccc(C)cc4F)cs3)CC2)cc1. The van der Waals surface area contributed by atoms with Crippen molar-refractivity contribution in [3.63, 3.8) is 0 Å². The molecule has 0 unspecified atom stereocenters. The van der Waals surface area contributed by atoms with Crippen LogP contribution in [-0.2, 0) is 4.79 Å². The molecule has 1 aliphatic heterocycles. The summed E-state index contributed by atoms with van der Waals surface area (Å²) in [6.07, 6.45) is 1.81. The monoisotopic (exact) mass is 509 g/mol. The van der Waals surface area contributed by atoms with E-state index in [0.717, 1.165) is 23.4 Å². The Bertz CT molecular complexity index is 1250. The summed E-state index contributed by atoms with van der Waals surface area (Å²) < 4.78 is 19.2. The molecule has 0 radical (unpaired) electrons. The van der Waals surface area contributed by atoms with Crippen LogP contribution in [-0.4, -0.2) is 47.7 Å². The van der Waals surface area contributed by atoms with Crippen molar-refractivity contribution in [2.75, 3.05) is 25.5 Å². The Kier molecular flexibility index (Phi) is 8.10. The Balaban J connectivity index is 1.25. The molecule has 1 aromatic heterocycles. The van der Waals surface area contributed by atoms with E-state index >= 15 is 0 Å². The lowest BCUT2D eigenvalue weighted by Gasteiger charge is -2.31. The van der Waals surface area contributed by atoms with E-state index in [0.29, 0.717) is 24.4 Å². The van der Waals surface area contributed by atoms with Crippen molar-refractivity contribution >= 4 is 34.6 Å². The average Bonchev–Trinajstić information content (AvgIpc) is 3.39. The lowest BCUT2D eigenvalue weighted by Crippen LogP contribution is -2.38. The van der Waals surface area contributed by atoms with Crippen molar-refractivity contribution in [2.45, 2.75) is 38.5 Å². The number of ketones is 1. The molecule has 1 aliphatic rings. The van der Waals surface area contributed by atoms with Crippen LogP contribution >= 0.6 is 11.3 Å². The van der Waals surface area contributed by atoms with Gasteiger partial charge in [-0.1, -0.05) is 6.07 Å². The molecule has 2 aromatic carbocycles. The molecule has 0 atom stereocenters. The largest absolute Gasteiger partial charge is 0.497 e. The fraction of sp³-hybridized carbons (Fsp3) is 0.333. The first-order valence-electron chi connectivity index (χ1n) is 11.8. The maximum Gasteiger partial charge on any atom is 0.275 e. The highest BCUT2D eigenvalue weighted by atomic mass is 32.1. The number of hydrogen-bond acceptors (Lipinski definition) is 6. The van der Waals surface area contributed by atoms with Crippen LogP contribution in [0.15, 0.2) is 47.8 Å². The van der Waals surface area contributed by atoms with E-state index < -0.39 is 11.7 Å². The number of carbonyl (C=O) groups is 3. The highest BCUT2D eigenvalue weighted by Gasteiger charge is 2.26. The number of methoxy groups -OCH3 is 1. The summed E-state index contributed by atoms with van der Waals surface area (Å²) in [5.74, 6) is -0.207. The number of halogens is 1. The van der Waals surface area contributed by atoms with Crippen LogP contribution in [0, 0.1) is 12.7 Å². The van der Waals surface area contributed by atoms with E-state index in [4.69, 9.17) is 4.74 Å². The van der Waals surface area contributed by atoms with Crippen molar-refractivity contribution < 1.29 is 23.5 Å². The van der Waals surface area contributed by atoms with Crippen LogP contribution in [0.1, 0.15) is 63.0 Å². The van der Waals surface area contributed by atoms with Gasteiger partial charge in [0.2, 0.25) is 5.91 Å². The first-order chi connectivity index (χ1) is 17.3. The van der Waals surface area contributed by atoms with E-state index in [-0.39, 0.29) is 41.8 Å². The Morgan fingerprint density at radius 3 is 2.50 bits per heavy atom. The number of ether oxygens (including phenoxy) is 1. The van der Waals surface area contributed by atoms with Gasteiger partial charge in [0, 0.05) is 42.8 Å². The Morgan fingerprint density at radius 2 is 1.83 bits per heavy atom. The lowest BCUT2D eigenvalue weighted by atomic mass is 9.97. The highest BCUT2D eigenvalue weighted by Crippen LogP contribution is 2.31. The van der Waals surface area contributed by atoms with Gasteiger partial charge < -0.3 is 15.0 Å². The molecule has 0 bridgehead atoms. The standard InChI is InChI=1S/C27H28FN3O4S/c1-17-3-8-22(21(28)15-17)29-26(34)23-16-36-27(30-23)19-11-13-31(14-12-19)25(33)10-9-24(32)18-4-6-20(35-2)7-5-18/h3-8,15-16,19H,9-14H2,1-2H3,(H,29,34). The maximum absolute atomic E-state index is 14.0. The molecule has 188 valence electrons.